The second kappa shape index (κ2) is 3.98. The number of β-amino-alcohol motifs (C(OH)–C–C–N with tert-alkyl or cyclic N) is 1. The number of ether oxygens (including phenoxy) is 1. The standard InChI is InChI=1S/C11H15NO2/c13-11(8-12-9-11)6-7-14-10-4-2-1-3-5-10/h1-5,12-13H,6-9H2. The smallest absolute Gasteiger partial charge is 0.119 e. The molecule has 0 saturated carbocycles. The maximum atomic E-state index is 9.75. The number of hydrogen-bond acceptors (Lipinski definition) is 3. The van der Waals surface area contributed by atoms with Crippen molar-refractivity contribution in [1.29, 1.82) is 0 Å². The zero-order valence-corrected chi connectivity index (χ0v) is 8.07. The molecule has 1 heterocycles. The van der Waals surface area contributed by atoms with Crippen LogP contribution in [0.5, 0.6) is 5.75 Å². The molecule has 2 N–H and O–H groups in total. The van der Waals surface area contributed by atoms with Gasteiger partial charge < -0.3 is 15.2 Å². The maximum absolute atomic E-state index is 9.75. The lowest BCUT2D eigenvalue weighted by Crippen LogP contribution is -2.59. The van der Waals surface area contributed by atoms with E-state index in [0.717, 1.165) is 5.75 Å². The van der Waals surface area contributed by atoms with E-state index in [-0.39, 0.29) is 0 Å². The number of rotatable bonds is 4. The number of para-hydroxylation sites is 1. The molecular formula is C11H15NO2. The SMILES string of the molecule is OC1(CCOc2ccccc2)CNC1. The monoisotopic (exact) mass is 193 g/mol. The Bertz CT molecular complexity index is 283. The first-order valence-electron chi connectivity index (χ1n) is 4.89. The van der Waals surface area contributed by atoms with Crippen LogP contribution in [-0.2, 0) is 0 Å². The molecule has 3 nitrogen and oxygen atoms in total. The van der Waals surface area contributed by atoms with Crippen molar-refractivity contribution in [2.45, 2.75) is 12.0 Å². The molecule has 0 spiro atoms. The van der Waals surface area contributed by atoms with Gasteiger partial charge in [-0.15, -0.1) is 0 Å². The summed E-state index contributed by atoms with van der Waals surface area (Å²) < 4.78 is 5.49. The molecule has 14 heavy (non-hydrogen) atoms. The second-order valence-electron chi connectivity index (χ2n) is 3.74. The minimum Gasteiger partial charge on any atom is -0.493 e. The van der Waals surface area contributed by atoms with Gasteiger partial charge in [0.15, 0.2) is 0 Å². The first kappa shape index (κ1) is 9.49. The lowest BCUT2D eigenvalue weighted by atomic mass is 9.94. The van der Waals surface area contributed by atoms with Crippen molar-refractivity contribution in [3.63, 3.8) is 0 Å². The van der Waals surface area contributed by atoms with Gasteiger partial charge in [-0.1, -0.05) is 18.2 Å². The van der Waals surface area contributed by atoms with Crippen LogP contribution in [0.1, 0.15) is 6.42 Å². The highest BCUT2D eigenvalue weighted by molar-refractivity contribution is 5.20. The van der Waals surface area contributed by atoms with E-state index in [1.54, 1.807) is 0 Å². The van der Waals surface area contributed by atoms with Crippen molar-refractivity contribution < 1.29 is 9.84 Å². The zero-order chi connectivity index (χ0) is 9.86. The lowest BCUT2D eigenvalue weighted by Gasteiger charge is -2.37. The van der Waals surface area contributed by atoms with Crippen LogP contribution in [0.2, 0.25) is 0 Å². The Morgan fingerprint density at radius 1 is 1.29 bits per heavy atom. The summed E-state index contributed by atoms with van der Waals surface area (Å²) in [5.41, 5.74) is -0.533. The molecule has 3 heteroatoms. The molecule has 0 aliphatic carbocycles. The molecule has 1 aromatic carbocycles. The van der Waals surface area contributed by atoms with Gasteiger partial charge in [-0.25, -0.2) is 0 Å². The number of benzene rings is 1. The summed E-state index contributed by atoms with van der Waals surface area (Å²) in [6.45, 7) is 1.94. The number of aliphatic hydroxyl groups is 1. The molecule has 0 atom stereocenters. The van der Waals surface area contributed by atoms with Gasteiger partial charge in [-0.2, -0.15) is 0 Å². The molecule has 0 aromatic heterocycles. The molecule has 1 saturated heterocycles. The molecule has 1 fully saturated rings. The minimum absolute atomic E-state index is 0.533. The van der Waals surface area contributed by atoms with E-state index in [4.69, 9.17) is 4.74 Å². The van der Waals surface area contributed by atoms with Crippen molar-refractivity contribution in [3.05, 3.63) is 30.3 Å². The predicted octanol–water partition coefficient (Wildman–Crippen LogP) is 0.790. The van der Waals surface area contributed by atoms with E-state index < -0.39 is 5.60 Å². The van der Waals surface area contributed by atoms with Crippen LogP contribution < -0.4 is 10.1 Å². The molecule has 1 aliphatic heterocycles. The Morgan fingerprint density at radius 2 is 2.00 bits per heavy atom. The third-order valence-electron chi connectivity index (χ3n) is 2.49. The molecular weight excluding hydrogens is 178 g/mol. The fourth-order valence-electron chi connectivity index (χ4n) is 1.47. The van der Waals surface area contributed by atoms with Gasteiger partial charge in [-0.3, -0.25) is 0 Å². The van der Waals surface area contributed by atoms with Crippen molar-refractivity contribution in [3.8, 4) is 5.75 Å². The van der Waals surface area contributed by atoms with E-state index in [1.165, 1.54) is 0 Å². The minimum atomic E-state index is -0.533. The van der Waals surface area contributed by atoms with Gasteiger partial charge in [0.05, 0.1) is 12.2 Å². The topological polar surface area (TPSA) is 41.5 Å². The summed E-state index contributed by atoms with van der Waals surface area (Å²) in [4.78, 5) is 0. The third kappa shape index (κ3) is 2.25. The van der Waals surface area contributed by atoms with Gasteiger partial charge in [-0.05, 0) is 12.1 Å². The highest BCUT2D eigenvalue weighted by Crippen LogP contribution is 2.16. The third-order valence-corrected chi connectivity index (χ3v) is 2.49. The van der Waals surface area contributed by atoms with E-state index >= 15 is 0 Å². The molecule has 76 valence electrons. The van der Waals surface area contributed by atoms with E-state index in [1.807, 2.05) is 30.3 Å². The normalized spacial score (nSPS) is 18.6. The van der Waals surface area contributed by atoms with Crippen LogP contribution in [0.25, 0.3) is 0 Å². The molecule has 1 aliphatic rings. The summed E-state index contributed by atoms with van der Waals surface area (Å²) in [6, 6.07) is 9.67. The van der Waals surface area contributed by atoms with Gasteiger partial charge >= 0.3 is 0 Å². The van der Waals surface area contributed by atoms with E-state index in [2.05, 4.69) is 5.32 Å². The van der Waals surface area contributed by atoms with E-state index in [9.17, 15) is 5.11 Å². The summed E-state index contributed by atoms with van der Waals surface area (Å²) in [5, 5.41) is 12.8. The summed E-state index contributed by atoms with van der Waals surface area (Å²) in [5.74, 6) is 0.864. The molecule has 0 amide bonds. The Hall–Kier alpha value is -1.06. The zero-order valence-electron chi connectivity index (χ0n) is 8.07. The lowest BCUT2D eigenvalue weighted by molar-refractivity contribution is -0.0262. The van der Waals surface area contributed by atoms with Gasteiger partial charge in [0, 0.05) is 19.5 Å². The van der Waals surface area contributed by atoms with Crippen LogP contribution in [0.4, 0.5) is 0 Å². The van der Waals surface area contributed by atoms with Crippen molar-refractivity contribution >= 4 is 0 Å². The van der Waals surface area contributed by atoms with Crippen molar-refractivity contribution in [1.82, 2.24) is 5.32 Å². The molecule has 2 rings (SSSR count). The highest BCUT2D eigenvalue weighted by Gasteiger charge is 2.33. The largest absolute Gasteiger partial charge is 0.493 e. The van der Waals surface area contributed by atoms with Crippen LogP contribution in [0.15, 0.2) is 30.3 Å². The van der Waals surface area contributed by atoms with Crippen LogP contribution >= 0.6 is 0 Å². The van der Waals surface area contributed by atoms with Gasteiger partial charge in [0.25, 0.3) is 0 Å². The van der Waals surface area contributed by atoms with Crippen molar-refractivity contribution in [2.24, 2.45) is 0 Å². The van der Waals surface area contributed by atoms with Crippen LogP contribution in [-0.4, -0.2) is 30.4 Å². The van der Waals surface area contributed by atoms with Gasteiger partial charge in [0.2, 0.25) is 0 Å². The first-order chi connectivity index (χ1) is 6.79. The Labute approximate surface area is 83.7 Å². The Morgan fingerprint density at radius 3 is 2.57 bits per heavy atom. The second-order valence-corrected chi connectivity index (χ2v) is 3.74. The van der Waals surface area contributed by atoms with E-state index in [0.29, 0.717) is 26.1 Å². The predicted molar refractivity (Wildman–Crippen MR) is 54.4 cm³/mol. The molecule has 0 bridgehead atoms. The summed E-state index contributed by atoms with van der Waals surface area (Å²) in [7, 11) is 0. The average molecular weight is 193 g/mol. The van der Waals surface area contributed by atoms with Crippen LogP contribution in [0, 0.1) is 0 Å². The molecule has 0 radical (unpaired) electrons. The number of nitrogens with one attached hydrogen (secondary N) is 1. The fourth-order valence-corrected chi connectivity index (χ4v) is 1.47. The maximum Gasteiger partial charge on any atom is 0.119 e. The van der Waals surface area contributed by atoms with Crippen molar-refractivity contribution in [2.75, 3.05) is 19.7 Å². The average Bonchev–Trinajstić information content (AvgIpc) is 2.17. The quantitative estimate of drug-likeness (QED) is 0.743. The van der Waals surface area contributed by atoms with Gasteiger partial charge in [0.1, 0.15) is 5.75 Å². The fraction of sp³-hybridized carbons (Fsp3) is 0.455. The first-order valence-corrected chi connectivity index (χ1v) is 4.89. The number of hydrogen-bond donors (Lipinski definition) is 2. The Kier molecular flexibility index (Phi) is 2.70. The van der Waals surface area contributed by atoms with Crippen LogP contribution in [0.3, 0.4) is 0 Å². The molecule has 1 aromatic rings. The summed E-state index contributed by atoms with van der Waals surface area (Å²) >= 11 is 0. The Balaban J connectivity index is 1.73. The summed E-state index contributed by atoms with van der Waals surface area (Å²) in [6.07, 6.45) is 0.689. The highest BCUT2D eigenvalue weighted by atomic mass is 16.5. The molecule has 0 unspecified atom stereocenters.